The van der Waals surface area contributed by atoms with E-state index >= 15 is 0 Å². The number of fused-ring (bicyclic) bond motifs is 2. The first-order chi connectivity index (χ1) is 15.4. The highest BCUT2D eigenvalue weighted by atomic mass is 35.5. The average molecular weight is 511 g/mol. The first-order valence-corrected chi connectivity index (χ1v) is 12.4. The third-order valence-electron chi connectivity index (χ3n) is 5.85. The Morgan fingerprint density at radius 2 is 1.76 bits per heavy atom. The molecule has 4 rings (SSSR count). The van der Waals surface area contributed by atoms with Crippen molar-refractivity contribution >= 4 is 44.8 Å². The van der Waals surface area contributed by atoms with Gasteiger partial charge in [0.05, 0.1) is 19.1 Å². The third-order valence-corrected chi connectivity index (χ3v) is 7.64. The van der Waals surface area contributed by atoms with E-state index in [2.05, 4.69) is 15.7 Å². The van der Waals surface area contributed by atoms with Crippen LogP contribution in [0.25, 0.3) is 10.8 Å². The lowest BCUT2D eigenvalue weighted by molar-refractivity contribution is 0.250. The molecule has 0 atom stereocenters. The van der Waals surface area contributed by atoms with Crippen molar-refractivity contribution in [1.82, 2.24) is 9.62 Å². The van der Waals surface area contributed by atoms with E-state index in [4.69, 9.17) is 21.1 Å². The second-order valence-corrected chi connectivity index (χ2v) is 10.1. The van der Waals surface area contributed by atoms with Crippen molar-refractivity contribution in [1.29, 1.82) is 0 Å². The van der Waals surface area contributed by atoms with Crippen LogP contribution in [0.1, 0.15) is 17.5 Å². The van der Waals surface area contributed by atoms with Gasteiger partial charge < -0.3 is 9.47 Å². The monoisotopic (exact) mass is 510 g/mol. The highest BCUT2D eigenvalue weighted by Gasteiger charge is 2.20. The number of sulfonamides is 1. The molecule has 0 saturated heterocycles. The third kappa shape index (κ3) is 5.73. The van der Waals surface area contributed by atoms with Gasteiger partial charge in [0.15, 0.2) is 11.5 Å². The van der Waals surface area contributed by atoms with Crippen LogP contribution in [0, 0.1) is 0 Å². The summed E-state index contributed by atoms with van der Waals surface area (Å²) in [6, 6.07) is 14.6. The van der Waals surface area contributed by atoms with Crippen LogP contribution in [0.5, 0.6) is 11.5 Å². The van der Waals surface area contributed by atoms with Crippen LogP contribution in [0.4, 0.5) is 0 Å². The van der Waals surface area contributed by atoms with Crippen LogP contribution in [0.15, 0.2) is 53.4 Å². The van der Waals surface area contributed by atoms with Crippen molar-refractivity contribution in [2.75, 3.05) is 33.9 Å². The lowest BCUT2D eigenvalue weighted by Crippen LogP contribution is -2.33. The lowest BCUT2D eigenvalue weighted by Gasteiger charge is -2.29. The molecule has 0 spiro atoms. The molecule has 33 heavy (non-hydrogen) atoms. The summed E-state index contributed by atoms with van der Waals surface area (Å²) in [5, 5.41) is 2.26. The van der Waals surface area contributed by atoms with Gasteiger partial charge in [0, 0.05) is 30.0 Å². The summed E-state index contributed by atoms with van der Waals surface area (Å²) in [5.41, 5.74) is 2.50. The largest absolute Gasteiger partial charge is 0.493 e. The molecule has 0 saturated carbocycles. The number of halogens is 2. The number of hydrogen-bond donors (Lipinski definition) is 1. The fourth-order valence-corrected chi connectivity index (χ4v) is 5.47. The first kappa shape index (κ1) is 25.6. The maximum atomic E-state index is 12.7. The molecule has 1 N–H and O–H groups in total. The molecule has 0 fully saturated rings. The van der Waals surface area contributed by atoms with Crippen molar-refractivity contribution in [3.63, 3.8) is 0 Å². The summed E-state index contributed by atoms with van der Waals surface area (Å²) in [7, 11) is -0.289. The summed E-state index contributed by atoms with van der Waals surface area (Å²) in [5.74, 6) is 1.49. The van der Waals surface area contributed by atoms with Crippen LogP contribution in [-0.4, -0.2) is 47.2 Å². The smallest absolute Gasteiger partial charge is 0.240 e. The molecule has 178 valence electrons. The van der Waals surface area contributed by atoms with Crippen LogP contribution < -0.4 is 14.2 Å². The van der Waals surface area contributed by atoms with Gasteiger partial charge in [-0.15, -0.1) is 12.4 Å². The maximum Gasteiger partial charge on any atom is 0.240 e. The number of hydrogen-bond acceptors (Lipinski definition) is 5. The molecule has 0 bridgehead atoms. The van der Waals surface area contributed by atoms with Crippen molar-refractivity contribution in [2.45, 2.75) is 24.3 Å². The van der Waals surface area contributed by atoms with Gasteiger partial charge in [-0.2, -0.15) is 0 Å². The van der Waals surface area contributed by atoms with Crippen molar-refractivity contribution < 1.29 is 17.9 Å². The number of nitrogens with one attached hydrogen (secondary N) is 1. The zero-order valence-electron chi connectivity index (χ0n) is 18.6. The highest BCUT2D eigenvalue weighted by molar-refractivity contribution is 7.89. The van der Waals surface area contributed by atoms with Gasteiger partial charge in [0.1, 0.15) is 0 Å². The minimum atomic E-state index is -3.57. The van der Waals surface area contributed by atoms with Crippen molar-refractivity contribution in [3.8, 4) is 11.5 Å². The van der Waals surface area contributed by atoms with Crippen LogP contribution >= 0.6 is 24.0 Å². The van der Waals surface area contributed by atoms with E-state index in [0.717, 1.165) is 54.7 Å². The summed E-state index contributed by atoms with van der Waals surface area (Å²) in [6.45, 7) is 2.93. The minimum Gasteiger partial charge on any atom is -0.493 e. The van der Waals surface area contributed by atoms with Crippen LogP contribution in [0.3, 0.4) is 0 Å². The van der Waals surface area contributed by atoms with Crippen molar-refractivity contribution in [3.05, 3.63) is 64.7 Å². The Labute approximate surface area is 206 Å². The van der Waals surface area contributed by atoms with E-state index in [9.17, 15) is 8.42 Å². The van der Waals surface area contributed by atoms with E-state index in [-0.39, 0.29) is 17.3 Å². The first-order valence-electron chi connectivity index (χ1n) is 10.6. The quantitative estimate of drug-likeness (QED) is 0.446. The standard InChI is InChI=1S/C24H27ClN2O4S.ClH/c1-30-23-14-17-9-12-27(16-19(17)15-24(23)31-2)11-4-10-26-32(28,29)20-7-8-21-18(13-20)5-3-6-22(21)25;/h3,5-8,13-15,26H,4,9-12,16H2,1-2H3;1H. The summed E-state index contributed by atoms with van der Waals surface area (Å²) in [6.07, 6.45) is 1.66. The van der Waals surface area contributed by atoms with Gasteiger partial charge in [-0.05, 0) is 66.2 Å². The molecule has 0 unspecified atom stereocenters. The molecule has 3 aromatic rings. The SMILES string of the molecule is COc1cc2c(cc1OC)CN(CCCNS(=O)(=O)c1ccc3c(Cl)cccc3c1)CC2.Cl. The van der Waals surface area contributed by atoms with E-state index in [1.165, 1.54) is 11.1 Å². The predicted octanol–water partition coefficient (Wildman–Crippen LogP) is 4.66. The van der Waals surface area contributed by atoms with E-state index in [1.54, 1.807) is 38.5 Å². The molecule has 6 nitrogen and oxygen atoms in total. The number of ether oxygens (including phenoxy) is 2. The summed E-state index contributed by atoms with van der Waals surface area (Å²) >= 11 is 6.18. The van der Waals surface area contributed by atoms with E-state index in [0.29, 0.717) is 11.6 Å². The number of methoxy groups -OCH3 is 2. The minimum absolute atomic E-state index is 0. The zero-order valence-corrected chi connectivity index (χ0v) is 21.0. The van der Waals surface area contributed by atoms with E-state index in [1.807, 2.05) is 18.2 Å². The predicted molar refractivity (Wildman–Crippen MR) is 135 cm³/mol. The molecule has 0 amide bonds. The van der Waals surface area contributed by atoms with Gasteiger partial charge in [-0.3, -0.25) is 4.90 Å². The van der Waals surface area contributed by atoms with E-state index < -0.39 is 10.0 Å². The van der Waals surface area contributed by atoms with Gasteiger partial charge in [0.25, 0.3) is 0 Å². The Hall–Kier alpha value is -2.03. The number of benzene rings is 3. The Morgan fingerprint density at radius 3 is 2.48 bits per heavy atom. The Bertz CT molecular complexity index is 1230. The van der Waals surface area contributed by atoms with Gasteiger partial charge >= 0.3 is 0 Å². The molecule has 9 heteroatoms. The number of rotatable bonds is 8. The fourth-order valence-electron chi connectivity index (χ4n) is 4.11. The highest BCUT2D eigenvalue weighted by Crippen LogP contribution is 2.33. The normalized spacial score (nSPS) is 13.9. The molecule has 1 aliphatic rings. The molecule has 0 aliphatic carbocycles. The second-order valence-electron chi connectivity index (χ2n) is 7.88. The van der Waals surface area contributed by atoms with Gasteiger partial charge in [0.2, 0.25) is 10.0 Å². The molecular formula is C24H28Cl2N2O4S. The van der Waals surface area contributed by atoms with Gasteiger partial charge in [-0.1, -0.05) is 29.8 Å². The molecule has 3 aromatic carbocycles. The summed E-state index contributed by atoms with van der Waals surface area (Å²) < 4.78 is 39.0. The lowest BCUT2D eigenvalue weighted by atomic mass is 9.98. The molecule has 1 heterocycles. The molecule has 0 aromatic heterocycles. The van der Waals surface area contributed by atoms with Crippen LogP contribution in [0.2, 0.25) is 5.02 Å². The topological polar surface area (TPSA) is 67.9 Å². The van der Waals surface area contributed by atoms with Crippen molar-refractivity contribution in [2.24, 2.45) is 0 Å². The Balaban J connectivity index is 0.00000306. The Morgan fingerprint density at radius 1 is 1.03 bits per heavy atom. The molecular weight excluding hydrogens is 483 g/mol. The maximum absolute atomic E-state index is 12.7. The zero-order chi connectivity index (χ0) is 22.7. The van der Waals surface area contributed by atoms with Gasteiger partial charge in [-0.25, -0.2) is 13.1 Å². The number of nitrogens with zero attached hydrogens (tertiary/aromatic N) is 1. The molecule has 1 aliphatic heterocycles. The summed E-state index contributed by atoms with van der Waals surface area (Å²) in [4.78, 5) is 2.58. The average Bonchev–Trinajstić information content (AvgIpc) is 2.80. The second kappa shape index (κ2) is 10.9. The Kier molecular flexibility index (Phi) is 8.48. The van der Waals surface area contributed by atoms with Crippen LogP contribution in [-0.2, 0) is 23.0 Å². The fraction of sp³-hybridized carbons (Fsp3) is 0.333. The molecule has 0 radical (unpaired) electrons.